The molecule has 26 heavy (non-hydrogen) atoms. The van der Waals surface area contributed by atoms with E-state index in [1.165, 1.54) is 25.5 Å². The Hall–Kier alpha value is -2.28. The fraction of sp³-hybridized carbons (Fsp3) is 0.579. The average Bonchev–Trinajstić information content (AvgIpc) is 3.21. The van der Waals surface area contributed by atoms with Gasteiger partial charge in [0.15, 0.2) is 5.96 Å². The minimum absolute atomic E-state index is 0.235. The Morgan fingerprint density at radius 2 is 1.88 bits per heavy atom. The van der Waals surface area contributed by atoms with E-state index in [0.717, 1.165) is 25.4 Å². The van der Waals surface area contributed by atoms with Crippen LogP contribution in [0.1, 0.15) is 30.9 Å². The number of methoxy groups -OCH3 is 2. The monoisotopic (exact) mass is 362 g/mol. The summed E-state index contributed by atoms with van der Waals surface area (Å²) < 4.78 is 9.92. The van der Waals surface area contributed by atoms with Gasteiger partial charge in [0, 0.05) is 20.1 Å². The molecule has 0 saturated carbocycles. The number of ether oxygens (including phenoxy) is 2. The van der Waals surface area contributed by atoms with Crippen molar-refractivity contribution >= 4 is 11.9 Å². The Labute approximate surface area is 155 Å². The number of carbonyl (C=O) groups is 1. The van der Waals surface area contributed by atoms with Crippen LogP contribution >= 0.6 is 0 Å². The van der Waals surface area contributed by atoms with E-state index >= 15 is 0 Å². The molecule has 7 heteroatoms. The molecule has 2 rings (SSSR count). The molecule has 1 aromatic rings. The normalized spacial score (nSPS) is 16.2. The molecule has 2 N–H and O–H groups in total. The minimum Gasteiger partial charge on any atom is -0.497 e. The third-order valence-electron chi connectivity index (χ3n) is 4.62. The molecular formula is C19H30N4O3. The molecule has 1 heterocycles. The van der Waals surface area contributed by atoms with Crippen LogP contribution in [0.5, 0.6) is 5.75 Å². The van der Waals surface area contributed by atoms with Gasteiger partial charge < -0.3 is 20.1 Å². The van der Waals surface area contributed by atoms with E-state index in [0.29, 0.717) is 18.9 Å². The van der Waals surface area contributed by atoms with Gasteiger partial charge in [-0.05, 0) is 43.6 Å². The number of hydrogen-bond donors (Lipinski definition) is 2. The molecule has 0 amide bonds. The van der Waals surface area contributed by atoms with Gasteiger partial charge >= 0.3 is 5.97 Å². The third-order valence-corrected chi connectivity index (χ3v) is 4.62. The Morgan fingerprint density at radius 3 is 2.46 bits per heavy atom. The van der Waals surface area contributed by atoms with Crippen molar-refractivity contribution in [3.05, 3.63) is 29.8 Å². The van der Waals surface area contributed by atoms with Crippen LogP contribution in [-0.2, 0) is 9.53 Å². The number of hydrogen-bond acceptors (Lipinski definition) is 5. The van der Waals surface area contributed by atoms with E-state index in [-0.39, 0.29) is 12.0 Å². The lowest BCUT2D eigenvalue weighted by Gasteiger charge is -2.29. The zero-order valence-corrected chi connectivity index (χ0v) is 16.0. The van der Waals surface area contributed by atoms with E-state index < -0.39 is 0 Å². The first kappa shape index (κ1) is 20.0. The number of nitrogens with zero attached hydrogens (tertiary/aromatic N) is 2. The molecule has 0 radical (unpaired) electrons. The first-order valence-electron chi connectivity index (χ1n) is 9.07. The summed E-state index contributed by atoms with van der Waals surface area (Å²) in [6.07, 6.45) is 2.78. The number of rotatable bonds is 8. The highest BCUT2D eigenvalue weighted by Gasteiger charge is 2.23. The van der Waals surface area contributed by atoms with Crippen molar-refractivity contribution in [2.24, 2.45) is 4.99 Å². The van der Waals surface area contributed by atoms with Gasteiger partial charge in [0.2, 0.25) is 0 Å². The maximum Gasteiger partial charge on any atom is 0.307 e. The van der Waals surface area contributed by atoms with Crippen LogP contribution in [0.2, 0.25) is 0 Å². The SMILES string of the molecule is CN=C(NCCC(=O)OC)NCC(c1ccc(OC)cc1)N1CCCC1. The second-order valence-corrected chi connectivity index (χ2v) is 6.24. The van der Waals surface area contributed by atoms with Crippen molar-refractivity contribution in [1.82, 2.24) is 15.5 Å². The van der Waals surface area contributed by atoms with Gasteiger partial charge in [-0.2, -0.15) is 0 Å². The lowest BCUT2D eigenvalue weighted by Crippen LogP contribution is -2.43. The van der Waals surface area contributed by atoms with Gasteiger partial charge in [-0.15, -0.1) is 0 Å². The highest BCUT2D eigenvalue weighted by molar-refractivity contribution is 5.80. The van der Waals surface area contributed by atoms with E-state index in [2.05, 4.69) is 37.4 Å². The second kappa shape index (κ2) is 10.7. The number of esters is 1. The zero-order chi connectivity index (χ0) is 18.8. The Kier molecular flexibility index (Phi) is 8.21. The molecule has 0 spiro atoms. The van der Waals surface area contributed by atoms with Crippen molar-refractivity contribution in [1.29, 1.82) is 0 Å². The summed E-state index contributed by atoms with van der Waals surface area (Å²) >= 11 is 0. The number of likely N-dealkylation sites (tertiary alicyclic amines) is 1. The number of guanidine groups is 1. The molecule has 1 aliphatic rings. The highest BCUT2D eigenvalue weighted by atomic mass is 16.5. The standard InChI is InChI=1S/C19H30N4O3/c1-20-19(21-11-10-18(24)26-3)22-14-17(23-12-4-5-13-23)15-6-8-16(25-2)9-7-15/h6-9,17H,4-5,10-14H2,1-3H3,(H2,20,21,22). The van der Waals surface area contributed by atoms with Gasteiger partial charge in [-0.1, -0.05) is 12.1 Å². The zero-order valence-electron chi connectivity index (χ0n) is 16.0. The highest BCUT2D eigenvalue weighted by Crippen LogP contribution is 2.26. The van der Waals surface area contributed by atoms with Crippen LogP contribution in [0.3, 0.4) is 0 Å². The summed E-state index contributed by atoms with van der Waals surface area (Å²) in [4.78, 5) is 18.0. The molecular weight excluding hydrogens is 332 g/mol. The molecule has 0 aliphatic carbocycles. The molecule has 1 aromatic carbocycles. The fourth-order valence-electron chi connectivity index (χ4n) is 3.14. The summed E-state index contributed by atoms with van der Waals surface area (Å²) in [5.74, 6) is 1.31. The topological polar surface area (TPSA) is 75.2 Å². The van der Waals surface area contributed by atoms with Crippen molar-refractivity contribution in [2.45, 2.75) is 25.3 Å². The smallest absolute Gasteiger partial charge is 0.307 e. The Morgan fingerprint density at radius 1 is 1.19 bits per heavy atom. The number of benzene rings is 1. The van der Waals surface area contributed by atoms with Crippen molar-refractivity contribution < 1.29 is 14.3 Å². The maximum atomic E-state index is 11.2. The van der Waals surface area contributed by atoms with E-state index in [1.807, 2.05) is 12.1 Å². The Bertz CT molecular complexity index is 583. The maximum absolute atomic E-state index is 11.2. The van der Waals surface area contributed by atoms with E-state index in [1.54, 1.807) is 14.2 Å². The van der Waals surface area contributed by atoms with Crippen molar-refractivity contribution in [3.8, 4) is 5.75 Å². The predicted octanol–water partition coefficient (Wildman–Crippen LogP) is 1.56. The van der Waals surface area contributed by atoms with Crippen molar-refractivity contribution in [2.75, 3.05) is 47.4 Å². The lowest BCUT2D eigenvalue weighted by atomic mass is 10.1. The summed E-state index contributed by atoms with van der Waals surface area (Å²) in [6.45, 7) is 3.44. The number of carbonyl (C=O) groups excluding carboxylic acids is 1. The predicted molar refractivity (Wildman–Crippen MR) is 103 cm³/mol. The lowest BCUT2D eigenvalue weighted by molar-refractivity contribution is -0.140. The molecule has 1 aliphatic heterocycles. The van der Waals surface area contributed by atoms with Gasteiger partial charge in [0.25, 0.3) is 0 Å². The van der Waals surface area contributed by atoms with E-state index in [4.69, 9.17) is 4.74 Å². The van der Waals surface area contributed by atoms with Crippen LogP contribution in [-0.4, -0.2) is 64.3 Å². The van der Waals surface area contributed by atoms with Crippen LogP contribution in [0.25, 0.3) is 0 Å². The van der Waals surface area contributed by atoms with Crippen LogP contribution < -0.4 is 15.4 Å². The average molecular weight is 362 g/mol. The quantitative estimate of drug-likeness (QED) is 0.415. The van der Waals surface area contributed by atoms with Gasteiger partial charge in [-0.25, -0.2) is 0 Å². The summed E-state index contributed by atoms with van der Waals surface area (Å²) in [5, 5.41) is 6.53. The Balaban J connectivity index is 1.96. The number of aliphatic imine (C=N–C) groups is 1. The third kappa shape index (κ3) is 5.91. The van der Waals surface area contributed by atoms with Gasteiger partial charge in [0.1, 0.15) is 5.75 Å². The largest absolute Gasteiger partial charge is 0.497 e. The minimum atomic E-state index is -0.235. The molecule has 0 bridgehead atoms. The molecule has 1 saturated heterocycles. The summed E-state index contributed by atoms with van der Waals surface area (Å²) in [7, 11) is 4.80. The van der Waals surface area contributed by atoms with Crippen LogP contribution in [0.4, 0.5) is 0 Å². The molecule has 1 atom stereocenters. The first-order valence-corrected chi connectivity index (χ1v) is 9.07. The molecule has 7 nitrogen and oxygen atoms in total. The number of nitrogens with one attached hydrogen (secondary N) is 2. The van der Waals surface area contributed by atoms with Gasteiger partial charge in [-0.3, -0.25) is 14.7 Å². The molecule has 1 unspecified atom stereocenters. The summed E-state index contributed by atoms with van der Waals surface area (Å²) in [6, 6.07) is 8.51. The molecule has 144 valence electrons. The van der Waals surface area contributed by atoms with Gasteiger partial charge in [0.05, 0.1) is 26.7 Å². The van der Waals surface area contributed by atoms with E-state index in [9.17, 15) is 4.79 Å². The summed E-state index contributed by atoms with van der Waals surface area (Å²) in [5.41, 5.74) is 1.25. The fourth-order valence-corrected chi connectivity index (χ4v) is 3.14. The molecule has 1 fully saturated rings. The first-order chi connectivity index (χ1) is 12.7. The second-order valence-electron chi connectivity index (χ2n) is 6.24. The molecule has 0 aromatic heterocycles. The van der Waals surface area contributed by atoms with Crippen molar-refractivity contribution in [3.63, 3.8) is 0 Å². The van der Waals surface area contributed by atoms with Crippen LogP contribution in [0.15, 0.2) is 29.3 Å². The van der Waals surface area contributed by atoms with Crippen LogP contribution in [0, 0.1) is 0 Å².